The van der Waals surface area contributed by atoms with Crippen LogP contribution >= 0.6 is 22.9 Å². The number of aryl methyl sites for hydroxylation is 2. The summed E-state index contributed by atoms with van der Waals surface area (Å²) in [5, 5.41) is 0.631. The van der Waals surface area contributed by atoms with E-state index < -0.39 is 0 Å². The molecule has 1 aromatic heterocycles. The molecule has 0 saturated carbocycles. The molecule has 108 valence electrons. The average molecular weight is 310 g/mol. The number of ether oxygens (including phenoxy) is 1. The molecule has 0 amide bonds. The molecule has 0 radical (unpaired) electrons. The molecule has 0 aliphatic carbocycles. The fourth-order valence-corrected chi connectivity index (χ4v) is 3.28. The summed E-state index contributed by atoms with van der Waals surface area (Å²) in [5.74, 6) is 0.692. The third-order valence-corrected chi connectivity index (χ3v) is 4.60. The molecule has 4 heteroatoms. The first-order chi connectivity index (χ1) is 9.51. The zero-order chi connectivity index (χ0) is 14.7. The summed E-state index contributed by atoms with van der Waals surface area (Å²) in [7, 11) is 0. The van der Waals surface area contributed by atoms with Crippen LogP contribution in [0.3, 0.4) is 0 Å². The van der Waals surface area contributed by atoms with Gasteiger partial charge in [0.05, 0.1) is 5.02 Å². The monoisotopic (exact) mass is 309 g/mol. The van der Waals surface area contributed by atoms with Gasteiger partial charge < -0.3 is 10.5 Å². The Morgan fingerprint density at radius 3 is 2.55 bits per heavy atom. The fraction of sp³-hybridized carbons (Fsp3) is 0.375. The maximum atomic E-state index is 6.25. The highest BCUT2D eigenvalue weighted by molar-refractivity contribution is 7.12. The van der Waals surface area contributed by atoms with Crippen molar-refractivity contribution in [3.05, 3.63) is 50.7 Å². The third-order valence-electron chi connectivity index (χ3n) is 3.24. The summed E-state index contributed by atoms with van der Waals surface area (Å²) in [6, 6.07) is 9.94. The molecule has 0 aliphatic rings. The number of benzene rings is 1. The zero-order valence-corrected chi connectivity index (χ0v) is 13.6. The Balaban J connectivity index is 2.28. The highest BCUT2D eigenvalue weighted by atomic mass is 35.5. The van der Waals surface area contributed by atoms with Crippen LogP contribution in [-0.4, -0.2) is 6.04 Å². The molecule has 1 heterocycles. The van der Waals surface area contributed by atoms with Crippen LogP contribution in [0.2, 0.25) is 5.02 Å². The highest BCUT2D eigenvalue weighted by Gasteiger charge is 2.23. The Morgan fingerprint density at radius 1 is 1.25 bits per heavy atom. The lowest BCUT2D eigenvalue weighted by atomic mass is 10.1. The SMILES string of the molecule is CCC(N)C(Oc1ccc(C)cc1Cl)c1ccc(C)s1. The minimum Gasteiger partial charge on any atom is -0.482 e. The molecular formula is C16H20ClNOS. The normalized spacial score (nSPS) is 14.1. The number of rotatable bonds is 5. The van der Waals surface area contributed by atoms with Gasteiger partial charge in [0, 0.05) is 15.8 Å². The largest absolute Gasteiger partial charge is 0.482 e. The predicted molar refractivity (Wildman–Crippen MR) is 86.9 cm³/mol. The number of nitrogens with two attached hydrogens (primary N) is 1. The van der Waals surface area contributed by atoms with Crippen LogP contribution in [0.4, 0.5) is 0 Å². The van der Waals surface area contributed by atoms with E-state index in [1.54, 1.807) is 11.3 Å². The summed E-state index contributed by atoms with van der Waals surface area (Å²) in [4.78, 5) is 2.40. The number of hydrogen-bond donors (Lipinski definition) is 1. The van der Waals surface area contributed by atoms with Crippen LogP contribution in [0.25, 0.3) is 0 Å². The topological polar surface area (TPSA) is 35.2 Å². The molecule has 0 aliphatic heterocycles. The lowest BCUT2D eigenvalue weighted by Gasteiger charge is -2.24. The molecule has 0 fully saturated rings. The molecular weight excluding hydrogens is 290 g/mol. The van der Waals surface area contributed by atoms with E-state index in [4.69, 9.17) is 22.1 Å². The van der Waals surface area contributed by atoms with Gasteiger partial charge in [-0.15, -0.1) is 11.3 Å². The van der Waals surface area contributed by atoms with Crippen molar-refractivity contribution >= 4 is 22.9 Å². The van der Waals surface area contributed by atoms with Gasteiger partial charge in [-0.3, -0.25) is 0 Å². The molecule has 0 spiro atoms. The summed E-state index contributed by atoms with van der Waals surface area (Å²) in [6.07, 6.45) is 0.698. The minimum atomic E-state index is -0.154. The Labute approximate surface area is 129 Å². The van der Waals surface area contributed by atoms with Crippen LogP contribution < -0.4 is 10.5 Å². The van der Waals surface area contributed by atoms with Crippen molar-refractivity contribution in [1.82, 2.24) is 0 Å². The number of thiophene rings is 1. The van der Waals surface area contributed by atoms with Crippen molar-refractivity contribution in [2.75, 3.05) is 0 Å². The van der Waals surface area contributed by atoms with E-state index in [-0.39, 0.29) is 12.1 Å². The lowest BCUT2D eigenvalue weighted by Crippen LogP contribution is -2.31. The predicted octanol–water partition coefficient (Wildman–Crippen LogP) is 4.88. The summed E-state index contributed by atoms with van der Waals surface area (Å²) in [6.45, 7) is 6.16. The molecule has 2 atom stereocenters. The molecule has 2 rings (SSSR count). The van der Waals surface area contributed by atoms with Crippen LogP contribution in [0.15, 0.2) is 30.3 Å². The molecule has 2 nitrogen and oxygen atoms in total. The van der Waals surface area contributed by atoms with Crippen molar-refractivity contribution in [2.24, 2.45) is 5.73 Å². The van der Waals surface area contributed by atoms with E-state index >= 15 is 0 Å². The van der Waals surface area contributed by atoms with E-state index in [0.717, 1.165) is 16.9 Å². The van der Waals surface area contributed by atoms with Crippen molar-refractivity contribution in [1.29, 1.82) is 0 Å². The van der Waals surface area contributed by atoms with Gasteiger partial charge in [0.25, 0.3) is 0 Å². The quantitative estimate of drug-likeness (QED) is 0.854. The van der Waals surface area contributed by atoms with Gasteiger partial charge in [0.15, 0.2) is 0 Å². The summed E-state index contributed by atoms with van der Waals surface area (Å²) < 4.78 is 6.11. The van der Waals surface area contributed by atoms with E-state index in [2.05, 4.69) is 26.0 Å². The highest BCUT2D eigenvalue weighted by Crippen LogP contribution is 2.34. The smallest absolute Gasteiger partial charge is 0.148 e. The minimum absolute atomic E-state index is 0.0505. The molecule has 0 bridgehead atoms. The first-order valence-corrected chi connectivity index (χ1v) is 7.95. The maximum Gasteiger partial charge on any atom is 0.148 e. The second kappa shape index (κ2) is 6.61. The second-order valence-corrected chi connectivity index (χ2v) is 6.72. The molecule has 2 N–H and O–H groups in total. The van der Waals surface area contributed by atoms with Gasteiger partial charge in [0.1, 0.15) is 11.9 Å². The van der Waals surface area contributed by atoms with E-state index in [0.29, 0.717) is 10.8 Å². The average Bonchev–Trinajstić information content (AvgIpc) is 2.83. The van der Waals surface area contributed by atoms with Gasteiger partial charge in [-0.1, -0.05) is 24.6 Å². The van der Waals surface area contributed by atoms with E-state index in [1.165, 1.54) is 4.88 Å². The van der Waals surface area contributed by atoms with Crippen molar-refractivity contribution in [2.45, 2.75) is 39.3 Å². The van der Waals surface area contributed by atoms with Gasteiger partial charge in [0.2, 0.25) is 0 Å². The first-order valence-electron chi connectivity index (χ1n) is 6.76. The lowest BCUT2D eigenvalue weighted by molar-refractivity contribution is 0.175. The van der Waals surface area contributed by atoms with Crippen molar-refractivity contribution < 1.29 is 4.74 Å². The summed E-state index contributed by atoms with van der Waals surface area (Å²) >= 11 is 7.97. The summed E-state index contributed by atoms with van der Waals surface area (Å²) in [5.41, 5.74) is 7.34. The molecule has 20 heavy (non-hydrogen) atoms. The van der Waals surface area contributed by atoms with Crippen LogP contribution in [0.5, 0.6) is 5.75 Å². The maximum absolute atomic E-state index is 6.25. The number of halogens is 1. The zero-order valence-electron chi connectivity index (χ0n) is 12.0. The second-order valence-electron chi connectivity index (χ2n) is 4.99. The van der Waals surface area contributed by atoms with E-state index in [1.807, 2.05) is 25.1 Å². The van der Waals surface area contributed by atoms with Crippen molar-refractivity contribution in [3.8, 4) is 5.75 Å². The fourth-order valence-electron chi connectivity index (χ4n) is 2.02. The van der Waals surface area contributed by atoms with Crippen molar-refractivity contribution in [3.63, 3.8) is 0 Å². The molecule has 0 saturated heterocycles. The van der Waals surface area contributed by atoms with Gasteiger partial charge in [-0.2, -0.15) is 0 Å². The van der Waals surface area contributed by atoms with Crippen LogP contribution in [0.1, 0.15) is 34.8 Å². The molecule has 2 unspecified atom stereocenters. The Kier molecular flexibility index (Phi) is 5.08. The molecule has 1 aromatic carbocycles. The van der Waals surface area contributed by atoms with Crippen LogP contribution in [-0.2, 0) is 0 Å². The van der Waals surface area contributed by atoms with Gasteiger partial charge >= 0.3 is 0 Å². The van der Waals surface area contributed by atoms with Crippen LogP contribution in [0, 0.1) is 13.8 Å². The Bertz CT molecular complexity index is 582. The number of hydrogen-bond acceptors (Lipinski definition) is 3. The standard InChI is InChI=1S/C16H20ClNOS/c1-4-13(18)16(15-8-6-11(3)20-15)19-14-7-5-10(2)9-12(14)17/h5-9,13,16H,4,18H2,1-3H3. The first kappa shape index (κ1) is 15.4. The third kappa shape index (κ3) is 3.54. The Morgan fingerprint density at radius 2 is 2.00 bits per heavy atom. The molecule has 2 aromatic rings. The van der Waals surface area contributed by atoms with E-state index in [9.17, 15) is 0 Å². The van der Waals surface area contributed by atoms with Gasteiger partial charge in [-0.25, -0.2) is 0 Å². The van der Waals surface area contributed by atoms with Gasteiger partial charge in [-0.05, 0) is 50.1 Å². The Hall–Kier alpha value is -1.03.